The Labute approximate surface area is 167 Å². The SMILES string of the molecule is Cc1nc([C@@H]2CN(Cc3ccc(F)c(F)c3)C[C@H]2NC(=O)c2ccccc2)n[nH]1. The minimum atomic E-state index is -0.864. The fourth-order valence-corrected chi connectivity index (χ4v) is 3.69. The molecule has 1 aliphatic rings. The third-order valence-corrected chi connectivity index (χ3v) is 5.08. The van der Waals surface area contributed by atoms with Crippen molar-refractivity contribution in [2.75, 3.05) is 13.1 Å². The van der Waals surface area contributed by atoms with Crippen LogP contribution in [0.5, 0.6) is 0 Å². The second-order valence-corrected chi connectivity index (χ2v) is 7.27. The average molecular weight is 397 g/mol. The van der Waals surface area contributed by atoms with Gasteiger partial charge >= 0.3 is 0 Å². The third-order valence-electron chi connectivity index (χ3n) is 5.08. The van der Waals surface area contributed by atoms with Gasteiger partial charge in [0.05, 0.1) is 12.0 Å². The molecule has 0 radical (unpaired) electrons. The molecule has 8 heteroatoms. The lowest BCUT2D eigenvalue weighted by atomic mass is 10.0. The van der Waals surface area contributed by atoms with Gasteiger partial charge in [0.15, 0.2) is 17.5 Å². The zero-order chi connectivity index (χ0) is 20.4. The number of amides is 1. The summed E-state index contributed by atoms with van der Waals surface area (Å²) in [7, 11) is 0. The van der Waals surface area contributed by atoms with E-state index in [2.05, 4.69) is 25.4 Å². The summed E-state index contributed by atoms with van der Waals surface area (Å²) >= 11 is 0. The van der Waals surface area contributed by atoms with Gasteiger partial charge in [-0.1, -0.05) is 24.3 Å². The van der Waals surface area contributed by atoms with E-state index in [4.69, 9.17) is 0 Å². The molecular formula is C21H21F2N5O. The van der Waals surface area contributed by atoms with E-state index in [0.717, 1.165) is 6.07 Å². The number of nitrogens with one attached hydrogen (secondary N) is 2. The molecule has 0 spiro atoms. The molecule has 1 aromatic heterocycles. The van der Waals surface area contributed by atoms with Crippen molar-refractivity contribution >= 4 is 5.91 Å². The zero-order valence-electron chi connectivity index (χ0n) is 15.9. The standard InChI is InChI=1S/C21H21F2N5O/c1-13-24-20(27-26-13)16-11-28(10-14-7-8-17(22)18(23)9-14)12-19(16)25-21(29)15-5-3-2-4-6-15/h2-9,16,19H,10-12H2,1H3,(H,25,29)(H,24,26,27)/t16-,19-/m1/s1. The van der Waals surface area contributed by atoms with Gasteiger partial charge in [-0.3, -0.25) is 14.8 Å². The van der Waals surface area contributed by atoms with Crippen LogP contribution in [0.15, 0.2) is 48.5 Å². The molecule has 0 unspecified atom stereocenters. The van der Waals surface area contributed by atoms with Crippen LogP contribution in [-0.4, -0.2) is 45.1 Å². The van der Waals surface area contributed by atoms with Crippen LogP contribution in [0.4, 0.5) is 8.78 Å². The molecule has 2 N–H and O–H groups in total. The molecule has 0 aliphatic carbocycles. The number of halogens is 2. The van der Waals surface area contributed by atoms with Crippen molar-refractivity contribution in [1.82, 2.24) is 25.4 Å². The maximum Gasteiger partial charge on any atom is 0.251 e. The summed E-state index contributed by atoms with van der Waals surface area (Å²) in [6, 6.07) is 12.7. The molecule has 1 aliphatic heterocycles. The minimum Gasteiger partial charge on any atom is -0.347 e. The van der Waals surface area contributed by atoms with Gasteiger partial charge in [-0.15, -0.1) is 0 Å². The number of hydrogen-bond donors (Lipinski definition) is 2. The van der Waals surface area contributed by atoms with Gasteiger partial charge in [-0.2, -0.15) is 5.10 Å². The fourth-order valence-electron chi connectivity index (χ4n) is 3.69. The average Bonchev–Trinajstić information content (AvgIpc) is 3.31. The lowest BCUT2D eigenvalue weighted by Gasteiger charge is -2.18. The number of nitrogens with zero attached hydrogens (tertiary/aromatic N) is 3. The Hall–Kier alpha value is -3.13. The highest BCUT2D eigenvalue weighted by molar-refractivity contribution is 5.94. The van der Waals surface area contributed by atoms with Crippen molar-refractivity contribution in [2.24, 2.45) is 0 Å². The smallest absolute Gasteiger partial charge is 0.251 e. The zero-order valence-corrected chi connectivity index (χ0v) is 15.9. The molecule has 150 valence electrons. The molecule has 2 heterocycles. The van der Waals surface area contributed by atoms with Crippen LogP contribution in [0, 0.1) is 18.6 Å². The molecule has 2 aromatic carbocycles. The van der Waals surface area contributed by atoms with Crippen LogP contribution < -0.4 is 5.32 Å². The van der Waals surface area contributed by atoms with Gasteiger partial charge in [-0.25, -0.2) is 13.8 Å². The molecule has 4 rings (SSSR count). The highest BCUT2D eigenvalue weighted by Crippen LogP contribution is 2.27. The minimum absolute atomic E-state index is 0.113. The number of likely N-dealkylation sites (tertiary alicyclic amines) is 1. The Morgan fingerprint density at radius 2 is 1.97 bits per heavy atom. The topological polar surface area (TPSA) is 73.9 Å². The molecule has 29 heavy (non-hydrogen) atoms. The molecule has 6 nitrogen and oxygen atoms in total. The third kappa shape index (κ3) is 4.32. The van der Waals surface area contributed by atoms with Crippen LogP contribution in [0.1, 0.15) is 33.5 Å². The van der Waals surface area contributed by atoms with E-state index in [0.29, 0.717) is 42.4 Å². The van der Waals surface area contributed by atoms with E-state index in [1.807, 2.05) is 25.1 Å². The summed E-state index contributed by atoms with van der Waals surface area (Å²) in [6.45, 7) is 3.41. The first-order valence-corrected chi connectivity index (χ1v) is 9.40. The number of H-pyrrole nitrogens is 1. The predicted octanol–water partition coefficient (Wildman–Crippen LogP) is 2.79. The fraction of sp³-hybridized carbons (Fsp3) is 0.286. The summed E-state index contributed by atoms with van der Waals surface area (Å²) in [6.07, 6.45) is 0. The van der Waals surface area contributed by atoms with E-state index < -0.39 is 11.6 Å². The Kier molecular flexibility index (Phi) is 5.35. The molecule has 2 atom stereocenters. The van der Waals surface area contributed by atoms with E-state index in [-0.39, 0.29) is 17.9 Å². The Balaban J connectivity index is 1.52. The summed E-state index contributed by atoms with van der Waals surface area (Å²) in [5.74, 6) is -0.671. The van der Waals surface area contributed by atoms with Crippen molar-refractivity contribution in [3.8, 4) is 0 Å². The molecular weight excluding hydrogens is 376 g/mol. The van der Waals surface area contributed by atoms with Crippen molar-refractivity contribution in [3.63, 3.8) is 0 Å². The molecule has 1 fully saturated rings. The number of aryl methyl sites for hydroxylation is 1. The van der Waals surface area contributed by atoms with E-state index in [1.54, 1.807) is 18.2 Å². The first-order chi connectivity index (χ1) is 14.0. The lowest BCUT2D eigenvalue weighted by molar-refractivity contribution is 0.0934. The number of benzene rings is 2. The highest BCUT2D eigenvalue weighted by atomic mass is 19.2. The Morgan fingerprint density at radius 3 is 2.66 bits per heavy atom. The van der Waals surface area contributed by atoms with Gasteiger partial charge < -0.3 is 5.32 Å². The van der Waals surface area contributed by atoms with Gasteiger partial charge in [-0.05, 0) is 36.8 Å². The molecule has 0 bridgehead atoms. The second-order valence-electron chi connectivity index (χ2n) is 7.27. The number of carbonyl (C=O) groups excluding carboxylic acids is 1. The summed E-state index contributed by atoms with van der Waals surface area (Å²) in [5, 5.41) is 10.2. The monoisotopic (exact) mass is 397 g/mol. The molecule has 3 aromatic rings. The summed E-state index contributed by atoms with van der Waals surface area (Å²) < 4.78 is 26.8. The number of rotatable bonds is 5. The van der Waals surface area contributed by atoms with E-state index in [9.17, 15) is 13.6 Å². The number of aromatic amines is 1. The van der Waals surface area contributed by atoms with Crippen molar-refractivity contribution in [2.45, 2.75) is 25.4 Å². The largest absolute Gasteiger partial charge is 0.347 e. The van der Waals surface area contributed by atoms with Gasteiger partial charge in [0.25, 0.3) is 5.91 Å². The first kappa shape index (κ1) is 19.2. The molecule has 1 amide bonds. The van der Waals surface area contributed by atoms with E-state index >= 15 is 0 Å². The van der Waals surface area contributed by atoms with Crippen LogP contribution >= 0.6 is 0 Å². The normalized spacial score (nSPS) is 19.4. The number of aromatic nitrogens is 3. The number of hydrogen-bond acceptors (Lipinski definition) is 4. The Morgan fingerprint density at radius 1 is 1.17 bits per heavy atom. The predicted molar refractivity (Wildman–Crippen MR) is 103 cm³/mol. The maximum absolute atomic E-state index is 13.6. The van der Waals surface area contributed by atoms with Crippen molar-refractivity contribution in [1.29, 1.82) is 0 Å². The molecule has 1 saturated heterocycles. The van der Waals surface area contributed by atoms with Gasteiger partial charge in [0.1, 0.15) is 5.82 Å². The number of carbonyl (C=O) groups is 1. The van der Waals surface area contributed by atoms with Crippen LogP contribution in [0.25, 0.3) is 0 Å². The summed E-state index contributed by atoms with van der Waals surface area (Å²) in [4.78, 5) is 19.2. The van der Waals surface area contributed by atoms with E-state index in [1.165, 1.54) is 6.07 Å². The summed E-state index contributed by atoms with van der Waals surface area (Å²) in [5.41, 5.74) is 1.25. The first-order valence-electron chi connectivity index (χ1n) is 9.40. The highest BCUT2D eigenvalue weighted by Gasteiger charge is 2.37. The van der Waals surface area contributed by atoms with Gasteiger partial charge in [0, 0.05) is 25.2 Å². The maximum atomic E-state index is 13.6. The second kappa shape index (κ2) is 8.08. The van der Waals surface area contributed by atoms with Crippen molar-refractivity contribution in [3.05, 3.63) is 82.9 Å². The molecule has 0 saturated carbocycles. The van der Waals surface area contributed by atoms with Crippen molar-refractivity contribution < 1.29 is 13.6 Å². The van der Waals surface area contributed by atoms with Crippen LogP contribution in [0.3, 0.4) is 0 Å². The van der Waals surface area contributed by atoms with Crippen LogP contribution in [-0.2, 0) is 6.54 Å². The lowest BCUT2D eigenvalue weighted by Crippen LogP contribution is -2.40. The quantitative estimate of drug-likeness (QED) is 0.694. The van der Waals surface area contributed by atoms with Crippen LogP contribution in [0.2, 0.25) is 0 Å². The van der Waals surface area contributed by atoms with Gasteiger partial charge in [0.2, 0.25) is 0 Å². The Bertz CT molecular complexity index is 1010.